The second-order valence-electron chi connectivity index (χ2n) is 5.66. The lowest BCUT2D eigenvalue weighted by molar-refractivity contribution is -0.128. The molecule has 0 aliphatic carbocycles. The normalized spacial score (nSPS) is 17.4. The van der Waals surface area contributed by atoms with Gasteiger partial charge in [-0.15, -0.1) is 0 Å². The maximum absolute atomic E-state index is 12.9. The minimum atomic E-state index is -0.440. The summed E-state index contributed by atoms with van der Waals surface area (Å²) in [5.41, 5.74) is 2.28. The lowest BCUT2D eigenvalue weighted by atomic mass is 10.0. The standard InChI is InChI=1S/C18H17FN2O2/c1-21-11-10-16(18(21)23)20-17(22)14-4-2-12(3-5-14)13-6-8-15(19)9-7-13/h2-9,16H,10-11H2,1H3,(H,20,22). The van der Waals surface area contributed by atoms with Gasteiger partial charge in [0, 0.05) is 19.2 Å². The summed E-state index contributed by atoms with van der Waals surface area (Å²) < 4.78 is 12.9. The zero-order valence-electron chi connectivity index (χ0n) is 12.8. The molecule has 1 atom stereocenters. The van der Waals surface area contributed by atoms with Crippen LogP contribution < -0.4 is 5.32 Å². The van der Waals surface area contributed by atoms with Crippen LogP contribution in [0.2, 0.25) is 0 Å². The van der Waals surface area contributed by atoms with Crippen LogP contribution in [0.25, 0.3) is 11.1 Å². The second kappa shape index (κ2) is 6.20. The van der Waals surface area contributed by atoms with Crippen LogP contribution in [0.15, 0.2) is 48.5 Å². The molecular weight excluding hydrogens is 295 g/mol. The number of carbonyl (C=O) groups is 2. The molecular formula is C18H17FN2O2. The summed E-state index contributed by atoms with van der Waals surface area (Å²) in [6.07, 6.45) is 0.634. The van der Waals surface area contributed by atoms with Crippen molar-refractivity contribution in [1.82, 2.24) is 10.2 Å². The summed E-state index contributed by atoms with van der Waals surface area (Å²) in [6, 6.07) is 12.8. The van der Waals surface area contributed by atoms with Gasteiger partial charge in [-0.05, 0) is 41.8 Å². The van der Waals surface area contributed by atoms with Gasteiger partial charge in [0.25, 0.3) is 5.91 Å². The quantitative estimate of drug-likeness (QED) is 0.946. The molecule has 1 N–H and O–H groups in total. The molecule has 4 nitrogen and oxygen atoms in total. The number of carbonyl (C=O) groups excluding carboxylic acids is 2. The summed E-state index contributed by atoms with van der Waals surface area (Å²) in [6.45, 7) is 0.660. The van der Waals surface area contributed by atoms with Crippen molar-refractivity contribution in [3.05, 3.63) is 59.9 Å². The van der Waals surface area contributed by atoms with Gasteiger partial charge >= 0.3 is 0 Å². The number of benzene rings is 2. The molecule has 5 heteroatoms. The Labute approximate surface area is 133 Å². The minimum Gasteiger partial charge on any atom is -0.344 e. The topological polar surface area (TPSA) is 49.4 Å². The van der Waals surface area contributed by atoms with Crippen LogP contribution in [0, 0.1) is 5.82 Å². The number of nitrogens with one attached hydrogen (secondary N) is 1. The predicted octanol–water partition coefficient (Wildman–Crippen LogP) is 2.45. The summed E-state index contributed by atoms with van der Waals surface area (Å²) >= 11 is 0. The van der Waals surface area contributed by atoms with E-state index in [1.54, 1.807) is 36.2 Å². The molecule has 1 heterocycles. The van der Waals surface area contributed by atoms with Crippen molar-refractivity contribution in [1.29, 1.82) is 0 Å². The molecule has 0 radical (unpaired) electrons. The van der Waals surface area contributed by atoms with Crippen LogP contribution in [0.5, 0.6) is 0 Å². The summed E-state index contributed by atoms with van der Waals surface area (Å²) in [5, 5.41) is 2.76. The van der Waals surface area contributed by atoms with Gasteiger partial charge in [-0.2, -0.15) is 0 Å². The number of hydrogen-bond acceptors (Lipinski definition) is 2. The second-order valence-corrected chi connectivity index (χ2v) is 5.66. The fourth-order valence-corrected chi connectivity index (χ4v) is 2.65. The number of rotatable bonds is 3. The molecule has 2 aromatic carbocycles. The van der Waals surface area contributed by atoms with Crippen LogP contribution >= 0.6 is 0 Å². The molecule has 0 spiro atoms. The first-order valence-electron chi connectivity index (χ1n) is 7.46. The number of hydrogen-bond donors (Lipinski definition) is 1. The van der Waals surface area contributed by atoms with Crippen molar-refractivity contribution in [2.75, 3.05) is 13.6 Å². The fraction of sp³-hybridized carbons (Fsp3) is 0.222. The van der Waals surface area contributed by atoms with Gasteiger partial charge in [0.05, 0.1) is 0 Å². The van der Waals surface area contributed by atoms with Crippen LogP contribution in [0.1, 0.15) is 16.8 Å². The molecule has 23 heavy (non-hydrogen) atoms. The Hall–Kier alpha value is -2.69. The average Bonchev–Trinajstić information content (AvgIpc) is 2.88. The zero-order chi connectivity index (χ0) is 16.4. The summed E-state index contributed by atoms with van der Waals surface area (Å²) in [4.78, 5) is 25.6. The van der Waals surface area contributed by atoms with Crippen molar-refractivity contribution >= 4 is 11.8 Å². The molecule has 1 unspecified atom stereocenters. The Morgan fingerprint density at radius 2 is 1.65 bits per heavy atom. The Balaban J connectivity index is 1.70. The monoisotopic (exact) mass is 312 g/mol. The van der Waals surface area contributed by atoms with Crippen molar-refractivity contribution in [3.63, 3.8) is 0 Å². The minimum absolute atomic E-state index is 0.0544. The van der Waals surface area contributed by atoms with Crippen LogP contribution in [0.3, 0.4) is 0 Å². The van der Waals surface area contributed by atoms with Crippen LogP contribution in [-0.2, 0) is 4.79 Å². The van der Waals surface area contributed by atoms with E-state index in [2.05, 4.69) is 5.32 Å². The maximum atomic E-state index is 12.9. The molecule has 3 rings (SSSR count). The SMILES string of the molecule is CN1CCC(NC(=O)c2ccc(-c3ccc(F)cc3)cc2)C1=O. The fourth-order valence-electron chi connectivity index (χ4n) is 2.65. The molecule has 1 fully saturated rings. The largest absolute Gasteiger partial charge is 0.344 e. The van der Waals surface area contributed by atoms with Gasteiger partial charge in [-0.3, -0.25) is 9.59 Å². The van der Waals surface area contributed by atoms with Crippen LogP contribution in [0.4, 0.5) is 4.39 Å². The molecule has 0 bridgehead atoms. The van der Waals surface area contributed by atoms with Gasteiger partial charge < -0.3 is 10.2 Å². The maximum Gasteiger partial charge on any atom is 0.251 e. The van der Waals surface area contributed by atoms with E-state index in [9.17, 15) is 14.0 Å². The Morgan fingerprint density at radius 1 is 1.09 bits per heavy atom. The number of amides is 2. The highest BCUT2D eigenvalue weighted by Crippen LogP contribution is 2.20. The first kappa shape index (κ1) is 15.2. The number of nitrogens with zero attached hydrogens (tertiary/aromatic N) is 1. The van der Waals surface area contributed by atoms with Gasteiger partial charge in [0.2, 0.25) is 5.91 Å². The van der Waals surface area contributed by atoms with Crippen molar-refractivity contribution in [3.8, 4) is 11.1 Å². The molecule has 2 aromatic rings. The Kier molecular flexibility index (Phi) is 4.10. The van der Waals surface area contributed by atoms with E-state index in [0.29, 0.717) is 18.5 Å². The van der Waals surface area contributed by atoms with E-state index in [-0.39, 0.29) is 17.6 Å². The molecule has 1 aliphatic heterocycles. The highest BCUT2D eigenvalue weighted by atomic mass is 19.1. The highest BCUT2D eigenvalue weighted by Gasteiger charge is 2.30. The third kappa shape index (κ3) is 3.23. The Bertz CT molecular complexity index is 726. The predicted molar refractivity (Wildman–Crippen MR) is 85.3 cm³/mol. The number of likely N-dealkylation sites (tertiary alicyclic amines) is 1. The molecule has 1 saturated heterocycles. The van der Waals surface area contributed by atoms with Crippen molar-refractivity contribution < 1.29 is 14.0 Å². The number of halogens is 1. The molecule has 0 aromatic heterocycles. The summed E-state index contributed by atoms with van der Waals surface area (Å²) in [7, 11) is 1.73. The van der Waals surface area contributed by atoms with E-state index < -0.39 is 6.04 Å². The third-order valence-corrected chi connectivity index (χ3v) is 4.06. The third-order valence-electron chi connectivity index (χ3n) is 4.06. The van der Waals surface area contributed by atoms with Crippen molar-refractivity contribution in [2.24, 2.45) is 0 Å². The van der Waals surface area contributed by atoms with Gasteiger partial charge in [-0.25, -0.2) is 4.39 Å². The van der Waals surface area contributed by atoms with E-state index in [1.807, 2.05) is 12.1 Å². The van der Waals surface area contributed by atoms with Crippen LogP contribution in [-0.4, -0.2) is 36.3 Å². The molecule has 0 saturated carbocycles. The molecule has 1 aliphatic rings. The van der Waals surface area contributed by atoms with E-state index in [0.717, 1.165) is 11.1 Å². The van der Waals surface area contributed by atoms with Crippen molar-refractivity contribution in [2.45, 2.75) is 12.5 Å². The highest BCUT2D eigenvalue weighted by molar-refractivity contribution is 5.98. The number of likely N-dealkylation sites (N-methyl/N-ethyl adjacent to an activating group) is 1. The van der Waals surface area contributed by atoms with Gasteiger partial charge in [0.1, 0.15) is 11.9 Å². The first-order valence-corrected chi connectivity index (χ1v) is 7.46. The Morgan fingerprint density at radius 3 is 2.17 bits per heavy atom. The first-order chi connectivity index (χ1) is 11.0. The lowest BCUT2D eigenvalue weighted by Crippen LogP contribution is -2.40. The smallest absolute Gasteiger partial charge is 0.251 e. The summed E-state index contributed by atoms with van der Waals surface area (Å²) in [5.74, 6) is -0.596. The van der Waals surface area contributed by atoms with E-state index in [4.69, 9.17) is 0 Å². The lowest BCUT2D eigenvalue weighted by Gasteiger charge is -2.12. The average molecular weight is 312 g/mol. The van der Waals surface area contributed by atoms with E-state index in [1.165, 1.54) is 12.1 Å². The van der Waals surface area contributed by atoms with Gasteiger partial charge in [0.15, 0.2) is 0 Å². The zero-order valence-corrected chi connectivity index (χ0v) is 12.8. The van der Waals surface area contributed by atoms with Gasteiger partial charge in [-0.1, -0.05) is 24.3 Å². The molecule has 118 valence electrons. The molecule has 2 amide bonds. The van der Waals surface area contributed by atoms with E-state index >= 15 is 0 Å².